The predicted octanol–water partition coefficient (Wildman–Crippen LogP) is 2.07. The standard InChI is InChI=1S/C19H18N2O5/c1-26-15-8-6-14(7-9-15)21-17(22)11-16(19(21)25)20-13-4-2-12(3-5-13)10-18(23)24/h2-9,16,20H,10-11H2,1H3,(H,23,24). The Bertz CT molecular complexity index is 830. The second-order valence-electron chi connectivity index (χ2n) is 5.93. The summed E-state index contributed by atoms with van der Waals surface area (Å²) in [5.41, 5.74) is 1.82. The van der Waals surface area contributed by atoms with E-state index in [1.165, 1.54) is 0 Å². The van der Waals surface area contributed by atoms with Crippen LogP contribution in [0.5, 0.6) is 5.75 Å². The van der Waals surface area contributed by atoms with Crippen molar-refractivity contribution in [2.45, 2.75) is 18.9 Å². The summed E-state index contributed by atoms with van der Waals surface area (Å²) in [6.45, 7) is 0. The number of carbonyl (C=O) groups excluding carboxylic acids is 2. The first-order valence-electron chi connectivity index (χ1n) is 8.06. The summed E-state index contributed by atoms with van der Waals surface area (Å²) in [6.07, 6.45) is -0.00584. The van der Waals surface area contributed by atoms with Gasteiger partial charge in [-0.1, -0.05) is 12.1 Å². The Labute approximate surface area is 150 Å². The van der Waals surface area contributed by atoms with Crippen molar-refractivity contribution in [1.29, 1.82) is 0 Å². The molecule has 2 aromatic rings. The van der Waals surface area contributed by atoms with Crippen LogP contribution in [0.1, 0.15) is 12.0 Å². The molecule has 7 nitrogen and oxygen atoms in total. The van der Waals surface area contributed by atoms with E-state index in [-0.39, 0.29) is 24.7 Å². The molecule has 7 heteroatoms. The van der Waals surface area contributed by atoms with Gasteiger partial charge in [0.2, 0.25) is 5.91 Å². The lowest BCUT2D eigenvalue weighted by Crippen LogP contribution is -2.34. The zero-order valence-corrected chi connectivity index (χ0v) is 14.1. The van der Waals surface area contributed by atoms with Gasteiger partial charge in [0.05, 0.1) is 25.6 Å². The van der Waals surface area contributed by atoms with Crippen molar-refractivity contribution in [2.24, 2.45) is 0 Å². The maximum Gasteiger partial charge on any atom is 0.307 e. The lowest BCUT2D eigenvalue weighted by Gasteiger charge is -2.16. The number of carboxylic acids is 1. The van der Waals surface area contributed by atoms with Crippen LogP contribution in [0.4, 0.5) is 11.4 Å². The number of imide groups is 1. The minimum absolute atomic E-state index is 0.0573. The van der Waals surface area contributed by atoms with E-state index in [0.29, 0.717) is 22.7 Å². The molecule has 0 aliphatic carbocycles. The minimum Gasteiger partial charge on any atom is -0.497 e. The third kappa shape index (κ3) is 3.66. The van der Waals surface area contributed by atoms with Crippen molar-refractivity contribution < 1.29 is 24.2 Å². The fraction of sp³-hybridized carbons (Fsp3) is 0.211. The molecule has 26 heavy (non-hydrogen) atoms. The second kappa shape index (κ2) is 7.26. The van der Waals surface area contributed by atoms with Crippen molar-refractivity contribution in [1.82, 2.24) is 0 Å². The summed E-state index contributed by atoms with van der Waals surface area (Å²) < 4.78 is 5.08. The van der Waals surface area contributed by atoms with Crippen LogP contribution >= 0.6 is 0 Å². The van der Waals surface area contributed by atoms with E-state index in [9.17, 15) is 14.4 Å². The molecule has 0 saturated carbocycles. The second-order valence-corrected chi connectivity index (χ2v) is 5.93. The summed E-state index contributed by atoms with van der Waals surface area (Å²) in [5, 5.41) is 11.8. The van der Waals surface area contributed by atoms with Crippen LogP contribution in [-0.2, 0) is 20.8 Å². The Morgan fingerprint density at radius 3 is 2.38 bits per heavy atom. The molecule has 2 amide bonds. The lowest BCUT2D eigenvalue weighted by atomic mass is 10.1. The van der Waals surface area contributed by atoms with Gasteiger partial charge in [-0.3, -0.25) is 14.4 Å². The van der Waals surface area contributed by atoms with Gasteiger partial charge < -0.3 is 15.2 Å². The Morgan fingerprint density at radius 2 is 1.81 bits per heavy atom. The molecule has 0 aromatic heterocycles. The van der Waals surface area contributed by atoms with Crippen LogP contribution in [0.25, 0.3) is 0 Å². The summed E-state index contributed by atoms with van der Waals surface area (Å²) in [5.74, 6) is -0.865. The smallest absolute Gasteiger partial charge is 0.307 e. The highest BCUT2D eigenvalue weighted by Gasteiger charge is 2.39. The monoisotopic (exact) mass is 354 g/mol. The molecule has 2 N–H and O–H groups in total. The molecule has 0 spiro atoms. The van der Waals surface area contributed by atoms with Crippen LogP contribution in [0.2, 0.25) is 0 Å². The fourth-order valence-electron chi connectivity index (χ4n) is 2.84. The van der Waals surface area contributed by atoms with Crippen molar-refractivity contribution in [3.8, 4) is 5.75 Å². The third-order valence-corrected chi connectivity index (χ3v) is 4.13. The number of rotatable bonds is 6. The number of hydrogen-bond donors (Lipinski definition) is 2. The largest absolute Gasteiger partial charge is 0.497 e. The number of hydrogen-bond acceptors (Lipinski definition) is 5. The van der Waals surface area contributed by atoms with Gasteiger partial charge in [0.1, 0.15) is 11.8 Å². The van der Waals surface area contributed by atoms with Crippen LogP contribution in [-0.4, -0.2) is 36.0 Å². The average molecular weight is 354 g/mol. The van der Waals surface area contributed by atoms with Gasteiger partial charge in [0.25, 0.3) is 5.91 Å². The number of methoxy groups -OCH3 is 1. The number of benzene rings is 2. The molecule has 1 unspecified atom stereocenters. The van der Waals surface area contributed by atoms with E-state index in [0.717, 1.165) is 4.90 Å². The van der Waals surface area contributed by atoms with Crippen molar-refractivity contribution >= 4 is 29.2 Å². The summed E-state index contributed by atoms with van der Waals surface area (Å²) in [7, 11) is 1.54. The highest BCUT2D eigenvalue weighted by Crippen LogP contribution is 2.26. The molecule has 0 bridgehead atoms. The number of carboxylic acid groups (broad SMARTS) is 1. The Morgan fingerprint density at radius 1 is 1.15 bits per heavy atom. The zero-order chi connectivity index (χ0) is 18.7. The van der Waals surface area contributed by atoms with Crippen molar-refractivity contribution in [3.63, 3.8) is 0 Å². The molecule has 1 heterocycles. The van der Waals surface area contributed by atoms with Crippen LogP contribution in [0.15, 0.2) is 48.5 Å². The molecule has 2 aromatic carbocycles. The van der Waals surface area contributed by atoms with E-state index >= 15 is 0 Å². The molecule has 134 valence electrons. The van der Waals surface area contributed by atoms with E-state index in [2.05, 4.69) is 5.32 Å². The number of amides is 2. The predicted molar refractivity (Wildman–Crippen MR) is 95.3 cm³/mol. The Balaban J connectivity index is 1.71. The fourth-order valence-corrected chi connectivity index (χ4v) is 2.84. The number of nitrogens with zero attached hydrogens (tertiary/aromatic N) is 1. The number of ether oxygens (including phenoxy) is 1. The van der Waals surface area contributed by atoms with Gasteiger partial charge in [-0.25, -0.2) is 4.90 Å². The highest BCUT2D eigenvalue weighted by atomic mass is 16.5. The molecule has 1 atom stereocenters. The molecule has 1 fully saturated rings. The van der Waals surface area contributed by atoms with Gasteiger partial charge >= 0.3 is 5.97 Å². The average Bonchev–Trinajstić information content (AvgIpc) is 2.90. The van der Waals surface area contributed by atoms with Gasteiger partial charge in [-0.2, -0.15) is 0 Å². The number of nitrogens with one attached hydrogen (secondary N) is 1. The zero-order valence-electron chi connectivity index (χ0n) is 14.1. The van der Waals surface area contributed by atoms with E-state index < -0.39 is 12.0 Å². The summed E-state index contributed by atoms with van der Waals surface area (Å²) in [4.78, 5) is 36.8. The van der Waals surface area contributed by atoms with Crippen LogP contribution in [0.3, 0.4) is 0 Å². The maximum atomic E-state index is 12.6. The topological polar surface area (TPSA) is 95.9 Å². The molecule has 3 rings (SSSR count). The SMILES string of the molecule is COc1ccc(N2C(=O)CC(Nc3ccc(CC(=O)O)cc3)C2=O)cc1. The molecular formula is C19H18N2O5. The van der Waals surface area contributed by atoms with E-state index in [1.807, 2.05) is 0 Å². The summed E-state index contributed by atoms with van der Waals surface area (Å²) >= 11 is 0. The van der Waals surface area contributed by atoms with Gasteiger partial charge in [-0.05, 0) is 42.0 Å². The first kappa shape index (κ1) is 17.5. The van der Waals surface area contributed by atoms with E-state index in [4.69, 9.17) is 9.84 Å². The molecular weight excluding hydrogens is 336 g/mol. The molecule has 1 saturated heterocycles. The quantitative estimate of drug-likeness (QED) is 0.771. The molecule has 0 radical (unpaired) electrons. The van der Waals surface area contributed by atoms with Crippen molar-refractivity contribution in [2.75, 3.05) is 17.3 Å². The van der Waals surface area contributed by atoms with Crippen molar-refractivity contribution in [3.05, 3.63) is 54.1 Å². The van der Waals surface area contributed by atoms with Crippen LogP contribution in [0, 0.1) is 0 Å². The van der Waals surface area contributed by atoms with Gasteiger partial charge in [0.15, 0.2) is 0 Å². The molecule has 1 aliphatic heterocycles. The third-order valence-electron chi connectivity index (χ3n) is 4.13. The van der Waals surface area contributed by atoms with E-state index in [1.54, 1.807) is 55.6 Å². The first-order chi connectivity index (χ1) is 12.5. The maximum absolute atomic E-state index is 12.6. The summed E-state index contributed by atoms with van der Waals surface area (Å²) in [6, 6.07) is 12.8. The van der Waals surface area contributed by atoms with Crippen LogP contribution < -0.4 is 15.0 Å². The van der Waals surface area contributed by atoms with Gasteiger partial charge in [-0.15, -0.1) is 0 Å². The highest BCUT2D eigenvalue weighted by molar-refractivity contribution is 6.23. The normalized spacial score (nSPS) is 16.7. The van der Waals surface area contributed by atoms with Gasteiger partial charge in [0, 0.05) is 5.69 Å². The number of carbonyl (C=O) groups is 3. The Kier molecular flexibility index (Phi) is 4.88. The Hall–Kier alpha value is -3.35. The number of aliphatic carboxylic acids is 1. The first-order valence-corrected chi connectivity index (χ1v) is 8.06. The molecule has 1 aliphatic rings. The lowest BCUT2D eigenvalue weighted by molar-refractivity contribution is -0.136. The number of anilines is 2. The minimum atomic E-state index is -0.905.